The molecule has 0 aromatic heterocycles. The fourth-order valence-corrected chi connectivity index (χ4v) is 3.39. The van der Waals surface area contributed by atoms with E-state index in [1.165, 1.54) is 0 Å². The third-order valence-electron chi connectivity index (χ3n) is 5.01. The maximum atomic E-state index is 12.6. The van der Waals surface area contributed by atoms with Gasteiger partial charge < -0.3 is 19.7 Å². The summed E-state index contributed by atoms with van der Waals surface area (Å²) in [5.41, 5.74) is 2.97. The second-order valence-corrected chi connectivity index (χ2v) is 6.99. The smallest absolute Gasteiger partial charge is 0.241 e. The van der Waals surface area contributed by atoms with Gasteiger partial charge in [0.25, 0.3) is 0 Å². The van der Waals surface area contributed by atoms with Crippen LogP contribution in [0.1, 0.15) is 25.5 Å². The van der Waals surface area contributed by atoms with Crippen LogP contribution in [-0.4, -0.2) is 45.4 Å². The van der Waals surface area contributed by atoms with Gasteiger partial charge in [-0.3, -0.25) is 10.1 Å². The van der Waals surface area contributed by atoms with E-state index in [1.807, 2.05) is 62.4 Å². The van der Waals surface area contributed by atoms with Gasteiger partial charge in [-0.25, -0.2) is 0 Å². The predicted octanol–water partition coefficient (Wildman–Crippen LogP) is 3.21. The lowest BCUT2D eigenvalue weighted by atomic mass is 10.1. The summed E-state index contributed by atoms with van der Waals surface area (Å²) in [5.74, 6) is 0.745. The number of para-hydroxylation sites is 1. The van der Waals surface area contributed by atoms with Crippen molar-refractivity contribution < 1.29 is 14.3 Å². The van der Waals surface area contributed by atoms with Gasteiger partial charge in [0.1, 0.15) is 5.75 Å². The number of carbonyl (C=O) groups excluding carboxylic acids is 1. The number of ether oxygens (including phenoxy) is 2. The van der Waals surface area contributed by atoms with E-state index in [2.05, 4.69) is 15.5 Å². The number of nitrogens with one attached hydrogen (secondary N) is 2. The molecule has 0 unspecified atom stereocenters. The summed E-state index contributed by atoms with van der Waals surface area (Å²) in [6, 6.07) is 15.4. The van der Waals surface area contributed by atoms with E-state index >= 15 is 0 Å². The number of hydrogen-bond acceptors (Lipinski definition) is 5. The molecule has 1 heterocycles. The topological polar surface area (TPSA) is 62.8 Å². The molecule has 0 spiro atoms. The van der Waals surface area contributed by atoms with E-state index in [4.69, 9.17) is 9.47 Å². The summed E-state index contributed by atoms with van der Waals surface area (Å²) in [6.45, 7) is 7.20. The largest absolute Gasteiger partial charge is 0.496 e. The lowest BCUT2D eigenvalue weighted by molar-refractivity contribution is -0.117. The van der Waals surface area contributed by atoms with E-state index < -0.39 is 0 Å². The molecule has 6 heteroatoms. The first-order valence-corrected chi connectivity index (χ1v) is 9.71. The summed E-state index contributed by atoms with van der Waals surface area (Å²) in [4.78, 5) is 14.9. The zero-order valence-electron chi connectivity index (χ0n) is 16.8. The number of carbonyl (C=O) groups is 1. The highest BCUT2D eigenvalue weighted by Crippen LogP contribution is 2.25. The molecule has 2 aromatic rings. The van der Waals surface area contributed by atoms with Crippen molar-refractivity contribution in [2.45, 2.75) is 25.9 Å². The molecular formula is C22H29N3O3. The number of morpholine rings is 1. The molecule has 0 saturated carbocycles. The Morgan fingerprint density at radius 1 is 1.07 bits per heavy atom. The number of nitrogens with zero attached hydrogens (tertiary/aromatic N) is 1. The molecule has 28 heavy (non-hydrogen) atoms. The Balaban J connectivity index is 1.56. The van der Waals surface area contributed by atoms with Crippen molar-refractivity contribution in [1.29, 1.82) is 0 Å². The zero-order chi connectivity index (χ0) is 19.9. The molecular weight excluding hydrogens is 354 g/mol. The molecule has 2 aromatic carbocycles. The van der Waals surface area contributed by atoms with Crippen LogP contribution in [0.5, 0.6) is 5.75 Å². The summed E-state index contributed by atoms with van der Waals surface area (Å²) in [6.07, 6.45) is 0. The first kappa shape index (κ1) is 20.2. The second-order valence-electron chi connectivity index (χ2n) is 6.99. The first-order valence-electron chi connectivity index (χ1n) is 9.71. The number of rotatable bonds is 7. The van der Waals surface area contributed by atoms with Crippen LogP contribution >= 0.6 is 0 Å². The molecule has 0 aliphatic carbocycles. The number of benzene rings is 2. The molecule has 1 aliphatic heterocycles. The van der Waals surface area contributed by atoms with Crippen LogP contribution in [0.4, 0.5) is 11.4 Å². The fraction of sp³-hybridized carbons (Fsp3) is 0.409. The molecule has 150 valence electrons. The summed E-state index contributed by atoms with van der Waals surface area (Å²) < 4.78 is 10.8. The second kappa shape index (κ2) is 9.57. The van der Waals surface area contributed by atoms with Crippen LogP contribution in [0, 0.1) is 0 Å². The highest BCUT2D eigenvalue weighted by Gasteiger charge is 2.19. The Labute approximate surface area is 166 Å². The zero-order valence-corrected chi connectivity index (χ0v) is 16.8. The lowest BCUT2D eigenvalue weighted by Gasteiger charge is -2.29. The van der Waals surface area contributed by atoms with Crippen LogP contribution in [0.15, 0.2) is 48.5 Å². The van der Waals surface area contributed by atoms with Crippen molar-refractivity contribution in [1.82, 2.24) is 5.32 Å². The minimum Gasteiger partial charge on any atom is -0.496 e. The third kappa shape index (κ3) is 5.03. The average Bonchev–Trinajstić information content (AvgIpc) is 2.74. The molecule has 2 atom stereocenters. The molecule has 0 radical (unpaired) electrons. The van der Waals surface area contributed by atoms with Crippen LogP contribution in [0.25, 0.3) is 0 Å². The minimum absolute atomic E-state index is 0.0133. The number of methoxy groups -OCH3 is 1. The maximum absolute atomic E-state index is 12.6. The molecule has 6 nitrogen and oxygen atoms in total. The Morgan fingerprint density at radius 3 is 2.43 bits per heavy atom. The lowest BCUT2D eigenvalue weighted by Crippen LogP contribution is -2.39. The fourth-order valence-electron chi connectivity index (χ4n) is 3.39. The quantitative estimate of drug-likeness (QED) is 0.769. The molecule has 1 aliphatic rings. The molecule has 1 amide bonds. The van der Waals surface area contributed by atoms with Crippen molar-refractivity contribution in [3.05, 3.63) is 54.1 Å². The normalized spacial score (nSPS) is 16.3. The van der Waals surface area contributed by atoms with Gasteiger partial charge in [0.05, 0.1) is 26.4 Å². The van der Waals surface area contributed by atoms with Gasteiger partial charge in [-0.05, 0) is 44.2 Å². The molecule has 3 rings (SSSR count). The van der Waals surface area contributed by atoms with E-state index in [1.54, 1.807) is 7.11 Å². The standard InChI is InChI=1S/C22H29N3O3/c1-16(20-6-4-5-7-21(20)27-3)23-17(2)22(26)24-18-8-10-19(11-9-18)25-12-14-28-15-13-25/h4-11,16-17,23H,12-15H2,1-3H3,(H,24,26)/t16-,17+/m0/s1. The summed E-state index contributed by atoms with van der Waals surface area (Å²) >= 11 is 0. The van der Waals surface area contributed by atoms with Gasteiger partial charge in [-0.2, -0.15) is 0 Å². The van der Waals surface area contributed by atoms with Gasteiger partial charge in [0.15, 0.2) is 0 Å². The van der Waals surface area contributed by atoms with Gasteiger partial charge in [0, 0.05) is 36.1 Å². The Kier molecular flexibility index (Phi) is 6.90. The molecule has 1 saturated heterocycles. The summed E-state index contributed by atoms with van der Waals surface area (Å²) in [5, 5.41) is 6.32. The van der Waals surface area contributed by atoms with E-state index in [0.717, 1.165) is 49.0 Å². The van der Waals surface area contributed by atoms with Crippen LogP contribution < -0.4 is 20.3 Å². The number of hydrogen-bond donors (Lipinski definition) is 2. The number of amides is 1. The highest BCUT2D eigenvalue weighted by atomic mass is 16.5. The predicted molar refractivity (Wildman–Crippen MR) is 112 cm³/mol. The van der Waals surface area contributed by atoms with Crippen LogP contribution in [0.2, 0.25) is 0 Å². The SMILES string of the molecule is COc1ccccc1[C@H](C)N[C@H](C)C(=O)Nc1ccc(N2CCOCC2)cc1. The van der Waals surface area contributed by atoms with Gasteiger partial charge >= 0.3 is 0 Å². The van der Waals surface area contributed by atoms with Gasteiger partial charge in [-0.15, -0.1) is 0 Å². The van der Waals surface area contributed by atoms with Crippen molar-refractivity contribution >= 4 is 17.3 Å². The van der Waals surface area contributed by atoms with Crippen molar-refractivity contribution in [2.24, 2.45) is 0 Å². The Bertz CT molecular complexity index is 773. The average molecular weight is 383 g/mol. The Hall–Kier alpha value is -2.57. The molecule has 0 bridgehead atoms. The van der Waals surface area contributed by atoms with Crippen LogP contribution in [-0.2, 0) is 9.53 Å². The van der Waals surface area contributed by atoms with Crippen molar-refractivity contribution in [3.8, 4) is 5.75 Å². The minimum atomic E-state index is -0.348. The highest BCUT2D eigenvalue weighted by molar-refractivity contribution is 5.94. The molecule has 2 N–H and O–H groups in total. The number of anilines is 2. The van der Waals surface area contributed by atoms with Gasteiger partial charge in [0.2, 0.25) is 5.91 Å². The molecule has 1 fully saturated rings. The van der Waals surface area contributed by atoms with E-state index in [-0.39, 0.29) is 18.0 Å². The summed E-state index contributed by atoms with van der Waals surface area (Å²) in [7, 11) is 1.66. The van der Waals surface area contributed by atoms with E-state index in [0.29, 0.717) is 0 Å². The monoisotopic (exact) mass is 383 g/mol. The Morgan fingerprint density at radius 2 is 1.75 bits per heavy atom. The van der Waals surface area contributed by atoms with Crippen molar-refractivity contribution in [2.75, 3.05) is 43.6 Å². The van der Waals surface area contributed by atoms with Crippen LogP contribution in [0.3, 0.4) is 0 Å². The van der Waals surface area contributed by atoms with Crippen molar-refractivity contribution in [3.63, 3.8) is 0 Å². The van der Waals surface area contributed by atoms with E-state index in [9.17, 15) is 4.79 Å². The first-order chi connectivity index (χ1) is 13.6. The third-order valence-corrected chi connectivity index (χ3v) is 5.01. The maximum Gasteiger partial charge on any atom is 0.241 e. The van der Waals surface area contributed by atoms with Gasteiger partial charge in [-0.1, -0.05) is 18.2 Å².